The Morgan fingerprint density at radius 1 is 1.24 bits per heavy atom. The van der Waals surface area contributed by atoms with Gasteiger partial charge in [0.25, 0.3) is 0 Å². The number of carbonyl (C=O) groups is 1. The van der Waals surface area contributed by atoms with Crippen LogP contribution in [0.2, 0.25) is 0 Å². The maximum Gasteiger partial charge on any atom is 0.317 e. The fourth-order valence-corrected chi connectivity index (χ4v) is 2.40. The number of nitriles is 1. The van der Waals surface area contributed by atoms with Gasteiger partial charge in [0.1, 0.15) is 0 Å². The van der Waals surface area contributed by atoms with Gasteiger partial charge in [-0.1, -0.05) is 13.3 Å². The smallest absolute Gasteiger partial charge is 0.317 e. The van der Waals surface area contributed by atoms with E-state index in [9.17, 15) is 4.79 Å². The second kappa shape index (κ2) is 7.53. The van der Waals surface area contributed by atoms with E-state index in [4.69, 9.17) is 5.26 Å². The molecule has 1 aromatic rings. The lowest BCUT2D eigenvalue weighted by Crippen LogP contribution is -2.52. The van der Waals surface area contributed by atoms with Crippen LogP contribution in [0.15, 0.2) is 24.3 Å². The summed E-state index contributed by atoms with van der Waals surface area (Å²) in [6, 6.07) is 9.77. The molecule has 0 aromatic heterocycles. The largest absolute Gasteiger partial charge is 0.368 e. The Balaban J connectivity index is 1.82. The third kappa shape index (κ3) is 4.12. The van der Waals surface area contributed by atoms with Crippen molar-refractivity contribution in [3.05, 3.63) is 29.8 Å². The molecular weight excluding hydrogens is 264 g/mol. The summed E-state index contributed by atoms with van der Waals surface area (Å²) in [5, 5.41) is 11.8. The molecule has 0 saturated carbocycles. The van der Waals surface area contributed by atoms with Crippen LogP contribution in [0.1, 0.15) is 25.3 Å². The number of nitrogens with zero attached hydrogens (tertiary/aromatic N) is 3. The molecule has 21 heavy (non-hydrogen) atoms. The number of unbranched alkanes of at least 4 members (excludes halogenated alkanes) is 1. The van der Waals surface area contributed by atoms with Crippen LogP contribution in [-0.4, -0.2) is 43.7 Å². The van der Waals surface area contributed by atoms with E-state index in [-0.39, 0.29) is 6.03 Å². The number of hydrogen-bond donors (Lipinski definition) is 1. The van der Waals surface area contributed by atoms with Gasteiger partial charge in [-0.25, -0.2) is 4.79 Å². The summed E-state index contributed by atoms with van der Waals surface area (Å²) in [5.41, 5.74) is 1.78. The average Bonchev–Trinajstić information content (AvgIpc) is 2.55. The lowest BCUT2D eigenvalue weighted by atomic mass is 10.2. The first-order valence-electron chi connectivity index (χ1n) is 7.52. The number of hydrogen-bond acceptors (Lipinski definition) is 3. The molecule has 1 heterocycles. The minimum absolute atomic E-state index is 0.0444. The predicted octanol–water partition coefficient (Wildman–Crippen LogP) is 2.19. The lowest BCUT2D eigenvalue weighted by molar-refractivity contribution is 0.194. The summed E-state index contributed by atoms with van der Waals surface area (Å²) < 4.78 is 0. The van der Waals surface area contributed by atoms with Gasteiger partial charge in [-0.2, -0.15) is 5.26 Å². The zero-order valence-electron chi connectivity index (χ0n) is 12.5. The fourth-order valence-electron chi connectivity index (χ4n) is 2.40. The number of piperazine rings is 1. The van der Waals surface area contributed by atoms with Crippen molar-refractivity contribution in [2.45, 2.75) is 19.8 Å². The van der Waals surface area contributed by atoms with Crippen molar-refractivity contribution in [3.8, 4) is 6.07 Å². The van der Waals surface area contributed by atoms with E-state index >= 15 is 0 Å². The topological polar surface area (TPSA) is 59.4 Å². The van der Waals surface area contributed by atoms with Gasteiger partial charge in [-0.05, 0) is 30.7 Å². The van der Waals surface area contributed by atoms with E-state index in [0.29, 0.717) is 5.56 Å². The third-order valence-electron chi connectivity index (χ3n) is 3.73. The maximum atomic E-state index is 12.0. The number of benzene rings is 1. The molecule has 5 nitrogen and oxygen atoms in total. The molecule has 0 bridgehead atoms. The second-order valence-corrected chi connectivity index (χ2v) is 5.22. The van der Waals surface area contributed by atoms with Gasteiger partial charge in [0.05, 0.1) is 11.6 Å². The Bertz CT molecular complexity index is 498. The van der Waals surface area contributed by atoms with Crippen molar-refractivity contribution in [1.29, 1.82) is 5.26 Å². The highest BCUT2D eigenvalue weighted by atomic mass is 16.2. The minimum Gasteiger partial charge on any atom is -0.368 e. The van der Waals surface area contributed by atoms with Gasteiger partial charge in [0.2, 0.25) is 0 Å². The summed E-state index contributed by atoms with van der Waals surface area (Å²) in [7, 11) is 0. The highest BCUT2D eigenvalue weighted by Crippen LogP contribution is 2.17. The number of anilines is 1. The SMILES string of the molecule is CCCCNC(=O)N1CCN(c2ccc(C#N)cc2)CC1. The lowest BCUT2D eigenvalue weighted by Gasteiger charge is -2.36. The van der Waals surface area contributed by atoms with Crippen molar-refractivity contribution in [3.63, 3.8) is 0 Å². The second-order valence-electron chi connectivity index (χ2n) is 5.22. The molecule has 0 unspecified atom stereocenters. The van der Waals surface area contributed by atoms with E-state index in [2.05, 4.69) is 23.2 Å². The zero-order chi connectivity index (χ0) is 15.1. The average molecular weight is 286 g/mol. The molecule has 1 aromatic carbocycles. The van der Waals surface area contributed by atoms with Crippen molar-refractivity contribution >= 4 is 11.7 Å². The maximum absolute atomic E-state index is 12.0. The molecule has 0 aliphatic carbocycles. The van der Waals surface area contributed by atoms with Crippen LogP contribution in [0.5, 0.6) is 0 Å². The number of amides is 2. The Kier molecular flexibility index (Phi) is 5.44. The zero-order valence-corrected chi connectivity index (χ0v) is 12.5. The van der Waals surface area contributed by atoms with Crippen LogP contribution in [0.3, 0.4) is 0 Å². The van der Waals surface area contributed by atoms with Gasteiger partial charge in [-0.3, -0.25) is 0 Å². The highest BCUT2D eigenvalue weighted by Gasteiger charge is 2.20. The van der Waals surface area contributed by atoms with Gasteiger partial charge in [0, 0.05) is 38.4 Å². The van der Waals surface area contributed by atoms with Gasteiger partial charge in [-0.15, -0.1) is 0 Å². The van der Waals surface area contributed by atoms with E-state index in [1.165, 1.54) is 0 Å². The monoisotopic (exact) mass is 286 g/mol. The Hall–Kier alpha value is -2.22. The molecule has 2 amide bonds. The molecular formula is C16H22N4O. The van der Waals surface area contributed by atoms with Crippen molar-refractivity contribution < 1.29 is 4.79 Å². The Morgan fingerprint density at radius 2 is 1.90 bits per heavy atom. The van der Waals surface area contributed by atoms with Crippen LogP contribution < -0.4 is 10.2 Å². The van der Waals surface area contributed by atoms with E-state index in [1.54, 1.807) is 0 Å². The fraction of sp³-hybridized carbons (Fsp3) is 0.500. The molecule has 1 saturated heterocycles. The number of rotatable bonds is 4. The predicted molar refractivity (Wildman–Crippen MR) is 83.2 cm³/mol. The van der Waals surface area contributed by atoms with E-state index in [0.717, 1.165) is 51.3 Å². The summed E-state index contributed by atoms with van der Waals surface area (Å²) in [5.74, 6) is 0. The number of carbonyl (C=O) groups excluding carboxylic acids is 1. The molecule has 0 radical (unpaired) electrons. The minimum atomic E-state index is 0.0444. The van der Waals surface area contributed by atoms with Crippen molar-refractivity contribution in [1.82, 2.24) is 10.2 Å². The third-order valence-corrected chi connectivity index (χ3v) is 3.73. The summed E-state index contributed by atoms with van der Waals surface area (Å²) in [4.78, 5) is 16.1. The molecule has 112 valence electrons. The first-order chi connectivity index (χ1) is 10.2. The molecule has 1 N–H and O–H groups in total. The summed E-state index contributed by atoms with van der Waals surface area (Å²) >= 11 is 0. The first kappa shape index (κ1) is 15.2. The van der Waals surface area contributed by atoms with Crippen LogP contribution in [0.4, 0.5) is 10.5 Å². The highest BCUT2D eigenvalue weighted by molar-refractivity contribution is 5.74. The summed E-state index contributed by atoms with van der Waals surface area (Å²) in [6.45, 7) is 5.99. The molecule has 5 heteroatoms. The van der Waals surface area contributed by atoms with Crippen molar-refractivity contribution in [2.75, 3.05) is 37.6 Å². The molecule has 1 aliphatic rings. The Labute approximate surface area is 126 Å². The quantitative estimate of drug-likeness (QED) is 0.863. The van der Waals surface area contributed by atoms with Gasteiger partial charge < -0.3 is 15.1 Å². The Morgan fingerprint density at radius 3 is 2.48 bits per heavy atom. The molecule has 1 fully saturated rings. The van der Waals surface area contributed by atoms with E-state index < -0.39 is 0 Å². The van der Waals surface area contributed by atoms with Gasteiger partial charge in [0.15, 0.2) is 0 Å². The van der Waals surface area contributed by atoms with Crippen LogP contribution in [0.25, 0.3) is 0 Å². The van der Waals surface area contributed by atoms with Crippen LogP contribution in [0, 0.1) is 11.3 Å². The first-order valence-corrected chi connectivity index (χ1v) is 7.52. The van der Waals surface area contributed by atoms with Crippen molar-refractivity contribution in [2.24, 2.45) is 0 Å². The number of nitrogens with one attached hydrogen (secondary N) is 1. The van der Waals surface area contributed by atoms with Gasteiger partial charge >= 0.3 is 6.03 Å². The summed E-state index contributed by atoms with van der Waals surface area (Å²) in [6.07, 6.45) is 2.11. The molecule has 0 atom stereocenters. The molecule has 2 rings (SSSR count). The van der Waals surface area contributed by atoms with Crippen LogP contribution in [-0.2, 0) is 0 Å². The standard InChI is InChI=1S/C16H22N4O/c1-2-3-8-18-16(21)20-11-9-19(10-12-20)15-6-4-14(13-17)5-7-15/h4-7H,2-3,8-12H2,1H3,(H,18,21). The normalized spacial score (nSPS) is 14.7. The van der Waals surface area contributed by atoms with E-state index in [1.807, 2.05) is 29.2 Å². The number of urea groups is 1. The molecule has 1 aliphatic heterocycles. The molecule has 0 spiro atoms. The van der Waals surface area contributed by atoms with Crippen LogP contribution >= 0.6 is 0 Å².